The molecule has 33 heavy (non-hydrogen) atoms. The molecule has 1 aliphatic heterocycles. The number of aromatic amines is 1. The van der Waals surface area contributed by atoms with Crippen LogP contribution < -0.4 is 11.2 Å². The number of nitrogens with zero attached hydrogens (tertiary/aromatic N) is 1. The second-order valence-electron chi connectivity index (χ2n) is 11.9. The first-order chi connectivity index (χ1) is 14.8. The van der Waals surface area contributed by atoms with Crippen LogP contribution in [-0.4, -0.2) is 49.9 Å². The van der Waals surface area contributed by atoms with Crippen molar-refractivity contribution in [1.82, 2.24) is 9.55 Å². The van der Waals surface area contributed by atoms with E-state index in [9.17, 15) is 9.59 Å². The predicted molar refractivity (Wildman–Crippen MR) is 138 cm³/mol. The van der Waals surface area contributed by atoms with Crippen molar-refractivity contribution in [1.29, 1.82) is 0 Å². The molecular formula is C23H39ClN2O5Si2. The molecule has 0 aliphatic carbocycles. The Bertz CT molecular complexity index is 1020. The van der Waals surface area contributed by atoms with E-state index >= 15 is 0 Å². The van der Waals surface area contributed by atoms with E-state index in [0.29, 0.717) is 0 Å². The zero-order valence-corrected chi connectivity index (χ0v) is 24.3. The molecule has 1 N–H and O–H groups in total. The second kappa shape index (κ2) is 9.13. The van der Waals surface area contributed by atoms with Gasteiger partial charge in [-0.1, -0.05) is 47.5 Å². The van der Waals surface area contributed by atoms with Crippen LogP contribution in [-0.2, 0) is 13.6 Å². The molecule has 4 atom stereocenters. The fourth-order valence-electron chi connectivity index (χ4n) is 3.02. The molecule has 7 nitrogen and oxygen atoms in total. The van der Waals surface area contributed by atoms with Gasteiger partial charge in [0.25, 0.3) is 5.56 Å². The number of hydrogen-bond donors (Lipinski definition) is 1. The summed E-state index contributed by atoms with van der Waals surface area (Å²) in [6.45, 7) is 21.4. The Morgan fingerprint density at radius 1 is 1.15 bits per heavy atom. The number of aromatic nitrogens is 2. The highest BCUT2D eigenvalue weighted by Gasteiger charge is 2.59. The summed E-state index contributed by atoms with van der Waals surface area (Å²) in [6.07, 6.45) is 5.81. The summed E-state index contributed by atoms with van der Waals surface area (Å²) in [5.74, 6) is 2.79. The fraction of sp³-hybridized carbons (Fsp3) is 0.739. The first kappa shape index (κ1) is 28.1. The number of hydrogen-bond acceptors (Lipinski definition) is 5. The number of halogens is 1. The van der Waals surface area contributed by atoms with E-state index in [4.69, 9.17) is 31.6 Å². The Balaban J connectivity index is 2.55. The highest BCUT2D eigenvalue weighted by Crippen LogP contribution is 2.47. The van der Waals surface area contributed by atoms with Crippen LogP contribution in [0.2, 0.25) is 36.3 Å². The van der Waals surface area contributed by atoms with Gasteiger partial charge in [-0.25, -0.2) is 4.79 Å². The van der Waals surface area contributed by atoms with Crippen LogP contribution in [0.1, 0.15) is 47.8 Å². The zero-order valence-electron chi connectivity index (χ0n) is 21.5. The molecule has 0 amide bonds. The standard InChI is InChI=1S/C23H39ClN2O5Si2/c1-12-23(15-29-32(8,9)21(2,3)4)18(31-33(10,11)22(5,6)7)17(24)19(30-23)26-14-13-16(27)25-20(26)28/h1,13-14,17-19H,15H2,2-11H3,(H,25,27,28)/t17-,18+,19-,23-/m1/s1. The van der Waals surface area contributed by atoms with Crippen molar-refractivity contribution in [3.05, 3.63) is 33.1 Å². The summed E-state index contributed by atoms with van der Waals surface area (Å²) in [5, 5.41) is -0.911. The van der Waals surface area contributed by atoms with Gasteiger partial charge in [0.2, 0.25) is 0 Å². The van der Waals surface area contributed by atoms with Gasteiger partial charge in [-0.05, 0) is 36.3 Å². The van der Waals surface area contributed by atoms with Gasteiger partial charge >= 0.3 is 5.69 Å². The molecule has 0 radical (unpaired) electrons. The van der Waals surface area contributed by atoms with Crippen molar-refractivity contribution in [2.45, 2.75) is 101 Å². The van der Waals surface area contributed by atoms with Crippen molar-refractivity contribution in [2.24, 2.45) is 0 Å². The smallest absolute Gasteiger partial charge is 0.330 e. The number of ether oxygens (including phenoxy) is 1. The molecule has 1 aliphatic rings. The summed E-state index contributed by atoms with van der Waals surface area (Å²) >= 11 is 6.93. The van der Waals surface area contributed by atoms with Crippen LogP contribution in [0, 0.1) is 12.3 Å². The molecule has 0 spiro atoms. The number of alkyl halides is 1. The Kier molecular flexibility index (Phi) is 7.77. The average Bonchev–Trinajstić information content (AvgIpc) is 2.91. The molecule has 1 aromatic heterocycles. The molecule has 1 fully saturated rings. The Labute approximate surface area is 204 Å². The van der Waals surface area contributed by atoms with Gasteiger partial charge in [-0.2, -0.15) is 0 Å². The quantitative estimate of drug-likeness (QED) is 0.344. The van der Waals surface area contributed by atoms with E-state index < -0.39 is 51.2 Å². The summed E-state index contributed by atoms with van der Waals surface area (Å²) in [6, 6.07) is 1.25. The number of H-pyrrole nitrogens is 1. The Morgan fingerprint density at radius 2 is 1.70 bits per heavy atom. The molecule has 1 saturated heterocycles. The summed E-state index contributed by atoms with van der Waals surface area (Å²) in [5.41, 5.74) is -2.42. The summed E-state index contributed by atoms with van der Waals surface area (Å²) < 4.78 is 20.8. The van der Waals surface area contributed by atoms with Gasteiger partial charge < -0.3 is 13.6 Å². The third kappa shape index (κ3) is 5.58. The molecular weight excluding hydrogens is 476 g/mol. The molecule has 2 heterocycles. The van der Waals surface area contributed by atoms with E-state index in [1.807, 2.05) is 0 Å². The molecule has 2 rings (SSSR count). The Hall–Kier alpha value is -1.16. The van der Waals surface area contributed by atoms with Crippen LogP contribution >= 0.6 is 11.6 Å². The molecule has 0 saturated carbocycles. The van der Waals surface area contributed by atoms with Crippen LogP contribution in [0.15, 0.2) is 21.9 Å². The SMILES string of the molecule is C#C[C@]1(CO[Si](C)(C)C(C)(C)C)O[C@@H](n2ccc(=O)[nH]c2=O)[C@H](Cl)[C@@H]1O[Si](C)(C)C(C)(C)C. The van der Waals surface area contributed by atoms with Gasteiger partial charge in [0, 0.05) is 12.3 Å². The predicted octanol–water partition coefficient (Wildman–Crippen LogP) is 4.46. The normalized spacial score (nSPS) is 26.9. The van der Waals surface area contributed by atoms with Crippen molar-refractivity contribution in [3.8, 4) is 12.3 Å². The zero-order chi connectivity index (χ0) is 25.6. The third-order valence-corrected chi connectivity index (χ3v) is 16.8. The minimum absolute atomic E-state index is 0.0349. The van der Waals surface area contributed by atoms with Crippen LogP contribution in [0.4, 0.5) is 0 Å². The maximum atomic E-state index is 12.5. The minimum atomic E-state index is -2.33. The molecule has 0 bridgehead atoms. The summed E-state index contributed by atoms with van der Waals surface area (Å²) in [7, 11) is -4.51. The number of nitrogens with one attached hydrogen (secondary N) is 1. The van der Waals surface area contributed by atoms with Gasteiger partial charge in [0.1, 0.15) is 11.5 Å². The molecule has 10 heteroatoms. The van der Waals surface area contributed by atoms with Crippen molar-refractivity contribution in [2.75, 3.05) is 6.61 Å². The molecule has 0 unspecified atom stereocenters. The lowest BCUT2D eigenvalue weighted by molar-refractivity contribution is -0.0859. The van der Waals surface area contributed by atoms with E-state index in [1.165, 1.54) is 16.8 Å². The first-order valence-corrected chi connectivity index (χ1v) is 17.5. The monoisotopic (exact) mass is 514 g/mol. The van der Waals surface area contributed by atoms with Crippen LogP contribution in [0.3, 0.4) is 0 Å². The van der Waals surface area contributed by atoms with Crippen LogP contribution in [0.5, 0.6) is 0 Å². The van der Waals surface area contributed by atoms with Gasteiger partial charge in [0.15, 0.2) is 28.5 Å². The van der Waals surface area contributed by atoms with E-state index in [1.54, 1.807) is 0 Å². The minimum Gasteiger partial charge on any atom is -0.413 e. The number of terminal acetylenes is 1. The third-order valence-electron chi connectivity index (χ3n) is 7.40. The lowest BCUT2D eigenvalue weighted by Crippen LogP contribution is -2.56. The van der Waals surface area contributed by atoms with Gasteiger partial charge in [-0.15, -0.1) is 18.0 Å². The molecule has 0 aromatic carbocycles. The lowest BCUT2D eigenvalue weighted by atomic mass is 9.99. The highest BCUT2D eigenvalue weighted by molar-refractivity contribution is 6.74. The molecule has 1 aromatic rings. The fourth-order valence-corrected chi connectivity index (χ4v) is 5.87. The van der Waals surface area contributed by atoms with E-state index in [-0.39, 0.29) is 16.7 Å². The van der Waals surface area contributed by atoms with E-state index in [0.717, 1.165) is 0 Å². The van der Waals surface area contributed by atoms with Gasteiger partial charge in [0.05, 0.1) is 6.61 Å². The lowest BCUT2D eigenvalue weighted by Gasteiger charge is -2.43. The largest absolute Gasteiger partial charge is 0.413 e. The van der Waals surface area contributed by atoms with Crippen molar-refractivity contribution in [3.63, 3.8) is 0 Å². The maximum Gasteiger partial charge on any atom is 0.330 e. The highest BCUT2D eigenvalue weighted by atomic mass is 35.5. The topological polar surface area (TPSA) is 82.5 Å². The summed E-state index contributed by atoms with van der Waals surface area (Å²) in [4.78, 5) is 26.4. The van der Waals surface area contributed by atoms with Crippen molar-refractivity contribution < 1.29 is 13.6 Å². The maximum absolute atomic E-state index is 12.5. The first-order valence-electron chi connectivity index (χ1n) is 11.2. The number of rotatable bonds is 6. The van der Waals surface area contributed by atoms with E-state index in [2.05, 4.69) is 78.6 Å². The Morgan fingerprint density at radius 3 is 2.15 bits per heavy atom. The van der Waals surface area contributed by atoms with Crippen molar-refractivity contribution >= 4 is 28.2 Å². The second-order valence-corrected chi connectivity index (χ2v) is 21.9. The van der Waals surface area contributed by atoms with Gasteiger partial charge in [-0.3, -0.25) is 14.3 Å². The van der Waals surface area contributed by atoms with Crippen LogP contribution in [0.25, 0.3) is 0 Å². The average molecular weight is 515 g/mol. The molecule has 186 valence electrons.